The van der Waals surface area contributed by atoms with Crippen LogP contribution in [-0.2, 0) is 11.0 Å². The highest BCUT2D eigenvalue weighted by atomic mass is 19.4. The van der Waals surface area contributed by atoms with Crippen LogP contribution in [0.4, 0.5) is 13.2 Å². The van der Waals surface area contributed by atoms with Crippen LogP contribution in [0.1, 0.15) is 19.4 Å². The van der Waals surface area contributed by atoms with E-state index in [1.807, 2.05) is 13.8 Å². The summed E-state index contributed by atoms with van der Waals surface area (Å²) in [6, 6.07) is 4.74. The Hall–Kier alpha value is -1.76. The van der Waals surface area contributed by atoms with Crippen LogP contribution < -0.4 is 10.1 Å². The minimum Gasteiger partial charge on any atom is -0.484 e. The van der Waals surface area contributed by atoms with Crippen LogP contribution in [-0.4, -0.2) is 42.6 Å². The summed E-state index contributed by atoms with van der Waals surface area (Å²) in [4.78, 5) is 13.8. The molecule has 4 nitrogen and oxygen atoms in total. The van der Waals surface area contributed by atoms with E-state index in [2.05, 4.69) is 5.32 Å². The monoisotopic (exact) mass is 316 g/mol. The first-order valence-corrected chi connectivity index (χ1v) is 7.09. The first kappa shape index (κ1) is 16.6. The van der Waals surface area contributed by atoms with Gasteiger partial charge in [0.1, 0.15) is 5.75 Å². The van der Waals surface area contributed by atoms with Crippen molar-refractivity contribution in [3.63, 3.8) is 0 Å². The lowest BCUT2D eigenvalue weighted by molar-refractivity contribution is -0.138. The third kappa shape index (κ3) is 4.37. The van der Waals surface area contributed by atoms with Gasteiger partial charge in [0.05, 0.1) is 5.56 Å². The van der Waals surface area contributed by atoms with E-state index in [9.17, 15) is 18.0 Å². The van der Waals surface area contributed by atoms with Crippen molar-refractivity contribution in [2.75, 3.05) is 19.7 Å². The lowest BCUT2D eigenvalue weighted by Crippen LogP contribution is -2.56. The third-order valence-electron chi connectivity index (χ3n) is 3.45. The number of carbonyl (C=O) groups is 1. The van der Waals surface area contributed by atoms with E-state index in [1.54, 1.807) is 4.90 Å². The van der Waals surface area contributed by atoms with Crippen molar-refractivity contribution in [1.29, 1.82) is 0 Å². The van der Waals surface area contributed by atoms with E-state index in [0.717, 1.165) is 12.1 Å². The summed E-state index contributed by atoms with van der Waals surface area (Å²) in [5.74, 6) is 0.0812. The summed E-state index contributed by atoms with van der Waals surface area (Å²) in [5, 5.41) is 3.32. The summed E-state index contributed by atoms with van der Waals surface area (Å²) in [5.41, 5.74) is -0.740. The van der Waals surface area contributed by atoms with E-state index >= 15 is 0 Å². The zero-order chi connectivity index (χ0) is 16.3. The van der Waals surface area contributed by atoms with Gasteiger partial charge in [0.25, 0.3) is 5.91 Å². The number of nitrogens with one attached hydrogen (secondary N) is 1. The molecule has 1 fully saturated rings. The lowest BCUT2D eigenvalue weighted by Gasteiger charge is -2.36. The molecule has 0 spiro atoms. The van der Waals surface area contributed by atoms with Crippen LogP contribution in [0.2, 0.25) is 0 Å². The zero-order valence-corrected chi connectivity index (χ0v) is 12.5. The van der Waals surface area contributed by atoms with E-state index in [4.69, 9.17) is 4.74 Å². The van der Waals surface area contributed by atoms with E-state index in [0.29, 0.717) is 13.1 Å². The minimum atomic E-state index is -4.37. The van der Waals surface area contributed by atoms with Gasteiger partial charge in [-0.05, 0) is 38.1 Å². The summed E-state index contributed by atoms with van der Waals surface area (Å²) >= 11 is 0. The zero-order valence-electron chi connectivity index (χ0n) is 12.5. The number of ether oxygens (including phenoxy) is 1. The Kier molecular flexibility index (Phi) is 4.95. The number of alkyl halides is 3. The molecule has 0 saturated carbocycles. The highest BCUT2D eigenvalue weighted by molar-refractivity contribution is 5.78. The molecule has 1 aliphatic rings. The lowest BCUT2D eigenvalue weighted by atomic mass is 10.1. The molecule has 0 aromatic heterocycles. The number of carbonyl (C=O) groups excluding carboxylic acids is 1. The van der Waals surface area contributed by atoms with Gasteiger partial charge in [0, 0.05) is 25.2 Å². The molecular weight excluding hydrogens is 297 g/mol. The molecule has 2 atom stereocenters. The number of amides is 1. The molecule has 1 saturated heterocycles. The van der Waals surface area contributed by atoms with Crippen LogP contribution in [0.5, 0.6) is 5.75 Å². The van der Waals surface area contributed by atoms with Gasteiger partial charge in [-0.15, -0.1) is 0 Å². The predicted molar refractivity (Wildman–Crippen MR) is 75.6 cm³/mol. The average Bonchev–Trinajstić information content (AvgIpc) is 2.43. The van der Waals surface area contributed by atoms with Gasteiger partial charge < -0.3 is 15.0 Å². The molecule has 1 aromatic rings. The van der Waals surface area contributed by atoms with Gasteiger partial charge in [-0.1, -0.05) is 0 Å². The fraction of sp³-hybridized carbons (Fsp3) is 0.533. The van der Waals surface area contributed by atoms with Gasteiger partial charge in [-0.25, -0.2) is 0 Å². The minimum absolute atomic E-state index is 0.167. The van der Waals surface area contributed by atoms with Gasteiger partial charge >= 0.3 is 6.18 Å². The molecule has 1 aromatic carbocycles. The fourth-order valence-corrected chi connectivity index (χ4v) is 2.51. The molecule has 2 unspecified atom stereocenters. The Morgan fingerprint density at radius 2 is 1.77 bits per heavy atom. The highest BCUT2D eigenvalue weighted by Crippen LogP contribution is 2.30. The van der Waals surface area contributed by atoms with E-state index in [-0.39, 0.29) is 30.3 Å². The van der Waals surface area contributed by atoms with E-state index in [1.165, 1.54) is 12.1 Å². The first-order valence-electron chi connectivity index (χ1n) is 7.09. The van der Waals surface area contributed by atoms with Crippen molar-refractivity contribution < 1.29 is 22.7 Å². The maximum absolute atomic E-state index is 12.4. The van der Waals surface area contributed by atoms with Crippen LogP contribution in [0.3, 0.4) is 0 Å². The van der Waals surface area contributed by atoms with Crippen LogP contribution in [0.15, 0.2) is 24.3 Å². The fourth-order valence-electron chi connectivity index (χ4n) is 2.51. The summed E-state index contributed by atoms with van der Waals surface area (Å²) < 4.78 is 42.6. The Bertz CT molecular complexity index is 507. The normalized spacial score (nSPS) is 22.5. The maximum atomic E-state index is 12.4. The average molecular weight is 316 g/mol. The Balaban J connectivity index is 1.88. The number of benzene rings is 1. The molecule has 1 heterocycles. The predicted octanol–water partition coefficient (Wildman–Crippen LogP) is 2.29. The Morgan fingerprint density at radius 1 is 1.23 bits per heavy atom. The smallest absolute Gasteiger partial charge is 0.416 e. The third-order valence-corrected chi connectivity index (χ3v) is 3.45. The summed E-state index contributed by atoms with van der Waals surface area (Å²) in [7, 11) is 0. The van der Waals surface area contributed by atoms with Crippen molar-refractivity contribution in [2.45, 2.75) is 32.1 Å². The first-order chi connectivity index (χ1) is 10.3. The number of piperazine rings is 1. The number of nitrogens with zero attached hydrogens (tertiary/aromatic N) is 1. The maximum Gasteiger partial charge on any atom is 0.416 e. The van der Waals surface area contributed by atoms with Crippen LogP contribution in [0.25, 0.3) is 0 Å². The molecule has 1 N–H and O–H groups in total. The molecule has 7 heteroatoms. The molecule has 1 aliphatic heterocycles. The number of rotatable bonds is 3. The second-order valence-electron chi connectivity index (χ2n) is 5.58. The van der Waals surface area contributed by atoms with Gasteiger partial charge in [0.2, 0.25) is 0 Å². The van der Waals surface area contributed by atoms with Gasteiger partial charge in [-0.3, -0.25) is 4.79 Å². The number of halogens is 3. The number of hydrogen-bond donors (Lipinski definition) is 1. The summed E-state index contributed by atoms with van der Waals surface area (Å²) in [6.07, 6.45) is -4.37. The van der Waals surface area contributed by atoms with Gasteiger partial charge in [0.15, 0.2) is 6.61 Å². The van der Waals surface area contributed by atoms with Crippen molar-refractivity contribution in [1.82, 2.24) is 10.2 Å². The van der Waals surface area contributed by atoms with Crippen molar-refractivity contribution in [2.24, 2.45) is 0 Å². The van der Waals surface area contributed by atoms with Crippen molar-refractivity contribution in [3.8, 4) is 5.75 Å². The molecule has 22 heavy (non-hydrogen) atoms. The molecular formula is C15H19F3N2O2. The van der Waals surface area contributed by atoms with Crippen molar-refractivity contribution in [3.05, 3.63) is 29.8 Å². The van der Waals surface area contributed by atoms with Crippen LogP contribution in [0, 0.1) is 0 Å². The standard InChI is InChI=1S/C15H19F3N2O2/c1-10-7-20(8-11(2)19-10)14(21)9-22-13-5-3-12(4-6-13)15(16,17)18/h3-6,10-11,19H,7-9H2,1-2H3. The van der Waals surface area contributed by atoms with Crippen LogP contribution >= 0.6 is 0 Å². The second-order valence-corrected chi connectivity index (χ2v) is 5.58. The van der Waals surface area contributed by atoms with E-state index < -0.39 is 11.7 Å². The summed E-state index contributed by atoms with van der Waals surface area (Å²) in [6.45, 7) is 5.00. The number of hydrogen-bond acceptors (Lipinski definition) is 3. The molecule has 1 amide bonds. The highest BCUT2D eigenvalue weighted by Gasteiger charge is 2.30. The quantitative estimate of drug-likeness (QED) is 0.930. The molecule has 2 rings (SSSR count). The van der Waals surface area contributed by atoms with Gasteiger partial charge in [-0.2, -0.15) is 13.2 Å². The largest absolute Gasteiger partial charge is 0.484 e. The second kappa shape index (κ2) is 6.56. The Labute approximate surface area is 127 Å². The topological polar surface area (TPSA) is 41.6 Å². The van der Waals surface area contributed by atoms with Crippen molar-refractivity contribution >= 4 is 5.91 Å². The molecule has 0 radical (unpaired) electrons. The molecule has 122 valence electrons. The SMILES string of the molecule is CC1CN(C(=O)COc2ccc(C(F)(F)F)cc2)CC(C)N1. The molecule has 0 bridgehead atoms. The molecule has 0 aliphatic carbocycles. The Morgan fingerprint density at radius 3 is 2.27 bits per heavy atom.